The monoisotopic (exact) mass is 769 g/mol. The summed E-state index contributed by atoms with van der Waals surface area (Å²) >= 11 is 16.4. The van der Waals surface area contributed by atoms with Crippen LogP contribution in [0.1, 0.15) is 29.6 Å². The van der Waals surface area contributed by atoms with Crippen molar-refractivity contribution in [3.05, 3.63) is 159 Å². The zero-order valence-electron chi connectivity index (χ0n) is 25.4. The Morgan fingerprint density at radius 1 is 0.854 bits per heavy atom. The van der Waals surface area contributed by atoms with Gasteiger partial charge in [0.1, 0.15) is 0 Å². The standard InChI is InChI=1S/C38H30BrCl2F3NO2P/c39-28-14-20-32(21-15-28)48(31-11-5-2-6-12-31,22-8-7-13-36(48)26-9-3-1-4-10-26)25-27-23-35(47-30-18-16-29(40)17-19-30)33(41)24-34(27)45-37(46)38(42,43)44/h1-6,8-12,14-24,36H,7,13,25H2,(H,45,46). The van der Waals surface area contributed by atoms with Gasteiger partial charge in [-0.15, -0.1) is 0 Å². The maximum absolute atomic E-state index is 13.7. The van der Waals surface area contributed by atoms with Gasteiger partial charge < -0.3 is 0 Å². The molecular weight excluding hydrogens is 741 g/mol. The van der Waals surface area contributed by atoms with Crippen LogP contribution in [0.4, 0.5) is 18.9 Å². The molecule has 0 saturated heterocycles. The molecule has 1 amide bonds. The molecule has 3 nitrogen and oxygen atoms in total. The van der Waals surface area contributed by atoms with Gasteiger partial charge in [-0.3, -0.25) is 0 Å². The molecule has 1 aliphatic rings. The number of anilines is 1. The third-order valence-electron chi connectivity index (χ3n) is 8.97. The zero-order valence-corrected chi connectivity index (χ0v) is 29.4. The number of amides is 1. The summed E-state index contributed by atoms with van der Waals surface area (Å²) in [6, 6.07) is 38.3. The van der Waals surface area contributed by atoms with Crippen molar-refractivity contribution in [2.75, 3.05) is 5.32 Å². The third kappa shape index (κ3) is 6.54. The Bertz CT molecular complexity index is 1960. The number of nitrogens with one attached hydrogen (secondary N) is 1. The number of carbonyl (C=O) groups is 1. The van der Waals surface area contributed by atoms with E-state index in [1.807, 2.05) is 48.5 Å². The van der Waals surface area contributed by atoms with Crippen LogP contribution in [0.15, 0.2) is 138 Å². The first kappa shape index (κ1) is 34.3. The summed E-state index contributed by atoms with van der Waals surface area (Å²) in [7, 11) is 0. The van der Waals surface area contributed by atoms with Gasteiger partial charge in [0.2, 0.25) is 0 Å². The van der Waals surface area contributed by atoms with Crippen molar-refractivity contribution in [2.24, 2.45) is 0 Å². The van der Waals surface area contributed by atoms with Crippen molar-refractivity contribution in [2.45, 2.75) is 30.8 Å². The summed E-state index contributed by atoms with van der Waals surface area (Å²) in [5.74, 6) is 0.916. The van der Waals surface area contributed by atoms with E-state index in [9.17, 15) is 18.0 Å². The first-order chi connectivity index (χ1) is 23.0. The van der Waals surface area contributed by atoms with Gasteiger partial charge in [0, 0.05) is 0 Å². The summed E-state index contributed by atoms with van der Waals surface area (Å²) in [4.78, 5) is 12.5. The van der Waals surface area contributed by atoms with E-state index < -0.39 is 18.7 Å². The Labute approximate surface area is 295 Å². The Morgan fingerprint density at radius 2 is 1.48 bits per heavy atom. The number of hydrogen-bond acceptors (Lipinski definition) is 2. The number of carbonyl (C=O) groups excluding carboxylic acids is 1. The van der Waals surface area contributed by atoms with Crippen LogP contribution in [-0.2, 0) is 11.0 Å². The van der Waals surface area contributed by atoms with Crippen molar-refractivity contribution in [3.8, 4) is 11.5 Å². The van der Waals surface area contributed by atoms with Gasteiger partial charge in [0.15, 0.2) is 0 Å². The number of hydrogen-bond donors (Lipinski definition) is 1. The Morgan fingerprint density at radius 3 is 2.12 bits per heavy atom. The van der Waals surface area contributed by atoms with E-state index in [0.717, 1.165) is 33.5 Å². The molecule has 6 rings (SSSR count). The molecule has 1 N–H and O–H groups in total. The summed E-state index contributed by atoms with van der Waals surface area (Å²) in [5.41, 5.74) is 1.50. The van der Waals surface area contributed by atoms with Gasteiger partial charge in [0.25, 0.3) is 0 Å². The minimum absolute atomic E-state index is 0.0337. The zero-order chi connectivity index (χ0) is 34.0. The third-order valence-corrected chi connectivity index (χ3v) is 17.0. The first-order valence-electron chi connectivity index (χ1n) is 15.2. The van der Waals surface area contributed by atoms with Crippen molar-refractivity contribution in [1.29, 1.82) is 0 Å². The second-order valence-corrected chi connectivity index (χ2v) is 18.7. The molecule has 0 aliphatic carbocycles. The van der Waals surface area contributed by atoms with Crippen molar-refractivity contribution < 1.29 is 22.7 Å². The number of ether oxygens (including phenoxy) is 1. The van der Waals surface area contributed by atoms with Crippen LogP contribution in [0.5, 0.6) is 11.5 Å². The number of alkyl halides is 3. The van der Waals surface area contributed by atoms with E-state index in [2.05, 4.69) is 69.5 Å². The van der Waals surface area contributed by atoms with Crippen LogP contribution in [-0.4, -0.2) is 12.1 Å². The SMILES string of the molecule is O=C(Nc1cc(Cl)c(Oc2ccc(Cl)cc2)cc1CP1(c2ccccc2)(c2ccc(Br)cc2)C=CCCC1c1ccccc1)C(F)(F)F. The number of allylic oxidation sites excluding steroid dienone is 1. The average molecular weight is 771 g/mol. The fourth-order valence-corrected chi connectivity index (χ4v) is 14.7. The number of halogens is 6. The Kier molecular flexibility index (Phi) is 9.79. The van der Waals surface area contributed by atoms with Gasteiger partial charge in [0.05, 0.1) is 0 Å². The average Bonchev–Trinajstić information content (AvgIpc) is 3.08. The van der Waals surface area contributed by atoms with Crippen LogP contribution in [0.3, 0.4) is 0 Å². The predicted molar refractivity (Wildman–Crippen MR) is 196 cm³/mol. The predicted octanol–water partition coefficient (Wildman–Crippen LogP) is 11.8. The molecule has 1 unspecified atom stereocenters. The van der Waals surface area contributed by atoms with Crippen LogP contribution in [0.25, 0.3) is 0 Å². The maximum atomic E-state index is 13.7. The summed E-state index contributed by atoms with van der Waals surface area (Å²) in [5, 5.41) is 4.83. The fraction of sp³-hybridized carbons (Fsp3) is 0.132. The molecular formula is C38H30BrCl2F3NO2P. The summed E-state index contributed by atoms with van der Waals surface area (Å²) in [6.45, 7) is -3.68. The molecule has 0 saturated carbocycles. The number of benzene rings is 5. The molecule has 1 heterocycles. The Balaban J connectivity index is 1.67. The molecule has 1 aliphatic heterocycles. The minimum atomic E-state index is -5.11. The van der Waals surface area contributed by atoms with E-state index in [0.29, 0.717) is 16.3 Å². The molecule has 246 valence electrons. The topological polar surface area (TPSA) is 38.3 Å². The molecule has 10 heteroatoms. The number of rotatable bonds is 8. The fourth-order valence-electron chi connectivity index (χ4n) is 6.86. The van der Waals surface area contributed by atoms with Crippen LogP contribution < -0.4 is 20.7 Å². The molecule has 5 aromatic carbocycles. The van der Waals surface area contributed by atoms with Gasteiger partial charge in [-0.1, -0.05) is 0 Å². The first-order valence-corrected chi connectivity index (χ1v) is 19.3. The van der Waals surface area contributed by atoms with Gasteiger partial charge in [-0.2, -0.15) is 0 Å². The van der Waals surface area contributed by atoms with Crippen molar-refractivity contribution in [3.63, 3.8) is 0 Å². The van der Waals surface area contributed by atoms with Gasteiger partial charge in [-0.25, -0.2) is 0 Å². The Hall–Kier alpha value is -3.61. The molecule has 0 radical (unpaired) electrons. The van der Waals surface area contributed by atoms with Crippen molar-refractivity contribution in [1.82, 2.24) is 0 Å². The van der Waals surface area contributed by atoms with Crippen LogP contribution >= 0.6 is 45.7 Å². The second kappa shape index (κ2) is 13.7. The van der Waals surface area contributed by atoms with E-state index in [1.165, 1.54) is 6.07 Å². The molecule has 0 fully saturated rings. The normalized spacial score (nSPS) is 17.5. The molecule has 5 aromatic rings. The molecule has 0 bridgehead atoms. The quantitative estimate of drug-likeness (QED) is 0.160. The van der Waals surface area contributed by atoms with E-state index >= 15 is 0 Å². The van der Waals surface area contributed by atoms with Crippen LogP contribution in [0.2, 0.25) is 10.0 Å². The summed E-state index contributed by atoms with van der Waals surface area (Å²) < 4.78 is 48.3. The van der Waals surface area contributed by atoms with E-state index in [-0.39, 0.29) is 28.3 Å². The van der Waals surface area contributed by atoms with Gasteiger partial charge >= 0.3 is 297 Å². The molecule has 48 heavy (non-hydrogen) atoms. The molecule has 0 spiro atoms. The summed E-state index contributed by atoms with van der Waals surface area (Å²) in [6.07, 6.45) is -1.02. The molecule has 1 atom stereocenters. The second-order valence-electron chi connectivity index (χ2n) is 11.8. The van der Waals surface area contributed by atoms with Gasteiger partial charge in [-0.05, 0) is 0 Å². The molecule has 0 aromatic heterocycles. The van der Waals surface area contributed by atoms with E-state index in [1.54, 1.807) is 30.3 Å². The van der Waals surface area contributed by atoms with Crippen molar-refractivity contribution >= 4 is 67.9 Å². The van der Waals surface area contributed by atoms with E-state index in [4.69, 9.17) is 27.9 Å². The van der Waals surface area contributed by atoms with Crippen LogP contribution in [0, 0.1) is 0 Å².